The number of nitrogens with zero attached hydrogens (tertiary/aromatic N) is 3. The number of ether oxygens (including phenoxy) is 2. The molecule has 2 saturated heterocycles. The number of carbonyl (C=O) groups excluding carboxylic acids is 1. The SMILES string of the molecule is COc1ccc(S(=O)(=O)N2CCC[C@@](COc3ccc(F)cc3)(CC(=O)N3CCN(C)CC3)C2)cc1. The van der Waals surface area contributed by atoms with Gasteiger partial charge in [-0.3, -0.25) is 4.79 Å². The maximum Gasteiger partial charge on any atom is 0.243 e. The van der Waals surface area contributed by atoms with Gasteiger partial charge in [-0.1, -0.05) is 0 Å². The molecule has 2 heterocycles. The summed E-state index contributed by atoms with van der Waals surface area (Å²) in [6.07, 6.45) is 1.45. The van der Waals surface area contributed by atoms with Gasteiger partial charge in [0.1, 0.15) is 17.3 Å². The number of carbonyl (C=O) groups is 1. The molecule has 1 atom stereocenters. The highest BCUT2D eigenvalue weighted by Crippen LogP contribution is 2.37. The molecule has 36 heavy (non-hydrogen) atoms. The van der Waals surface area contributed by atoms with E-state index >= 15 is 0 Å². The molecule has 0 N–H and O–H groups in total. The van der Waals surface area contributed by atoms with Crippen LogP contribution in [0.25, 0.3) is 0 Å². The van der Waals surface area contributed by atoms with E-state index in [1.54, 1.807) is 24.3 Å². The summed E-state index contributed by atoms with van der Waals surface area (Å²) in [6, 6.07) is 12.0. The van der Waals surface area contributed by atoms with Gasteiger partial charge in [-0.05, 0) is 68.4 Å². The van der Waals surface area contributed by atoms with Crippen molar-refractivity contribution in [2.45, 2.75) is 24.2 Å². The van der Waals surface area contributed by atoms with E-state index < -0.39 is 15.4 Å². The molecule has 196 valence electrons. The van der Waals surface area contributed by atoms with E-state index in [4.69, 9.17) is 9.47 Å². The summed E-state index contributed by atoms with van der Waals surface area (Å²) in [4.78, 5) is 17.6. The third kappa shape index (κ3) is 6.16. The number of methoxy groups -OCH3 is 1. The van der Waals surface area contributed by atoms with Crippen LogP contribution in [0.4, 0.5) is 4.39 Å². The van der Waals surface area contributed by atoms with Gasteiger partial charge in [0.15, 0.2) is 0 Å². The highest BCUT2D eigenvalue weighted by molar-refractivity contribution is 7.89. The van der Waals surface area contributed by atoms with E-state index in [9.17, 15) is 17.6 Å². The van der Waals surface area contributed by atoms with Crippen LogP contribution in [0.1, 0.15) is 19.3 Å². The molecule has 8 nitrogen and oxygen atoms in total. The van der Waals surface area contributed by atoms with Crippen LogP contribution in [0.5, 0.6) is 11.5 Å². The summed E-state index contributed by atoms with van der Waals surface area (Å²) in [5.41, 5.74) is -0.702. The van der Waals surface area contributed by atoms with Crippen LogP contribution in [-0.2, 0) is 14.8 Å². The van der Waals surface area contributed by atoms with Crippen LogP contribution in [0.15, 0.2) is 53.4 Å². The molecule has 0 radical (unpaired) electrons. The second-order valence-electron chi connectivity index (χ2n) is 9.72. The third-order valence-electron chi connectivity index (χ3n) is 7.06. The fraction of sp³-hybridized carbons (Fsp3) is 0.500. The number of benzene rings is 2. The average molecular weight is 520 g/mol. The van der Waals surface area contributed by atoms with Crippen LogP contribution in [0.3, 0.4) is 0 Å². The second kappa shape index (κ2) is 11.1. The summed E-state index contributed by atoms with van der Waals surface area (Å²) < 4.78 is 53.0. The van der Waals surface area contributed by atoms with Crippen LogP contribution in [0, 0.1) is 11.2 Å². The number of hydrogen-bond donors (Lipinski definition) is 0. The molecule has 0 aliphatic carbocycles. The maximum absolute atomic E-state index is 13.5. The van der Waals surface area contributed by atoms with Crippen molar-refractivity contribution in [2.75, 3.05) is 60.0 Å². The minimum absolute atomic E-state index is 0.00880. The van der Waals surface area contributed by atoms with Crippen LogP contribution in [-0.4, -0.2) is 88.5 Å². The number of piperazine rings is 1. The maximum atomic E-state index is 13.5. The Morgan fingerprint density at radius 2 is 1.61 bits per heavy atom. The zero-order chi connectivity index (χ0) is 25.8. The Morgan fingerprint density at radius 1 is 0.972 bits per heavy atom. The number of hydrogen-bond acceptors (Lipinski definition) is 6. The normalized spacial score (nSPS) is 21.8. The third-order valence-corrected chi connectivity index (χ3v) is 8.92. The van der Waals surface area contributed by atoms with Gasteiger partial charge in [-0.25, -0.2) is 12.8 Å². The zero-order valence-electron chi connectivity index (χ0n) is 20.9. The molecule has 0 aromatic heterocycles. The number of piperidine rings is 1. The Morgan fingerprint density at radius 3 is 2.25 bits per heavy atom. The molecule has 0 bridgehead atoms. The van der Waals surface area contributed by atoms with Crippen LogP contribution < -0.4 is 9.47 Å². The van der Waals surface area contributed by atoms with E-state index in [1.807, 2.05) is 11.9 Å². The largest absolute Gasteiger partial charge is 0.497 e. The number of amides is 1. The molecule has 2 aliphatic rings. The fourth-order valence-corrected chi connectivity index (χ4v) is 6.42. The van der Waals surface area contributed by atoms with Crippen molar-refractivity contribution < 1.29 is 27.1 Å². The lowest BCUT2D eigenvalue weighted by atomic mass is 9.78. The molecule has 2 aromatic carbocycles. The highest BCUT2D eigenvalue weighted by Gasteiger charge is 2.43. The molecule has 1 amide bonds. The molecular formula is C26H34FN3O5S. The van der Waals surface area contributed by atoms with Gasteiger partial charge in [0.25, 0.3) is 0 Å². The topological polar surface area (TPSA) is 79.4 Å². The molecule has 2 aromatic rings. The van der Waals surface area contributed by atoms with Crippen molar-refractivity contribution in [3.8, 4) is 11.5 Å². The molecule has 2 fully saturated rings. The lowest BCUT2D eigenvalue weighted by Gasteiger charge is -2.43. The first-order chi connectivity index (χ1) is 17.2. The zero-order valence-corrected chi connectivity index (χ0v) is 21.7. The predicted octanol–water partition coefficient (Wildman–Crippen LogP) is 2.85. The minimum Gasteiger partial charge on any atom is -0.497 e. The molecule has 10 heteroatoms. The van der Waals surface area contributed by atoms with Crippen molar-refractivity contribution in [3.63, 3.8) is 0 Å². The summed E-state index contributed by atoms with van der Waals surface area (Å²) in [5, 5.41) is 0. The first kappa shape index (κ1) is 26.4. The van der Waals surface area contributed by atoms with Gasteiger partial charge >= 0.3 is 0 Å². The standard InChI is InChI=1S/C26H34FN3O5S/c1-28-14-16-29(17-15-28)25(31)18-26(20-35-23-6-4-21(27)5-7-23)12-3-13-30(19-26)36(32,33)24-10-8-22(34-2)9-11-24/h4-11H,3,12-20H2,1-2H3/t26-/m1/s1. The lowest BCUT2D eigenvalue weighted by molar-refractivity contribution is -0.136. The van der Waals surface area contributed by atoms with Crippen molar-refractivity contribution in [1.82, 2.24) is 14.1 Å². The second-order valence-corrected chi connectivity index (χ2v) is 11.7. The van der Waals surface area contributed by atoms with Gasteiger partial charge in [-0.15, -0.1) is 0 Å². The molecular weight excluding hydrogens is 485 g/mol. The quantitative estimate of drug-likeness (QED) is 0.534. The number of rotatable bonds is 8. The van der Waals surface area contributed by atoms with E-state index in [0.717, 1.165) is 13.1 Å². The number of likely N-dealkylation sites (N-methyl/N-ethyl adjacent to an activating group) is 1. The summed E-state index contributed by atoms with van der Waals surface area (Å²) in [5.74, 6) is 0.705. The Balaban J connectivity index is 1.56. The summed E-state index contributed by atoms with van der Waals surface area (Å²) in [7, 11) is -0.214. The van der Waals surface area contributed by atoms with Crippen molar-refractivity contribution >= 4 is 15.9 Å². The average Bonchev–Trinajstić information content (AvgIpc) is 2.89. The van der Waals surface area contributed by atoms with Crippen molar-refractivity contribution in [3.05, 3.63) is 54.3 Å². The Hall–Kier alpha value is -2.69. The van der Waals surface area contributed by atoms with E-state index in [-0.39, 0.29) is 36.2 Å². The Kier molecular flexibility index (Phi) is 8.17. The monoisotopic (exact) mass is 519 g/mol. The fourth-order valence-electron chi connectivity index (χ4n) is 4.83. The summed E-state index contributed by atoms with van der Waals surface area (Å²) >= 11 is 0. The molecule has 0 unspecified atom stereocenters. The van der Waals surface area contributed by atoms with Gasteiger partial charge in [0, 0.05) is 51.1 Å². The smallest absolute Gasteiger partial charge is 0.243 e. The first-order valence-electron chi connectivity index (χ1n) is 12.2. The number of sulfonamides is 1. The van der Waals surface area contributed by atoms with Crippen LogP contribution in [0.2, 0.25) is 0 Å². The van der Waals surface area contributed by atoms with E-state index in [2.05, 4.69) is 4.90 Å². The summed E-state index contributed by atoms with van der Waals surface area (Å²) in [6.45, 7) is 3.62. The van der Waals surface area contributed by atoms with E-state index in [1.165, 1.54) is 35.7 Å². The van der Waals surface area contributed by atoms with Crippen LogP contribution >= 0.6 is 0 Å². The van der Waals surface area contributed by atoms with Crippen molar-refractivity contribution in [1.29, 1.82) is 0 Å². The predicted molar refractivity (Wildman–Crippen MR) is 134 cm³/mol. The lowest BCUT2D eigenvalue weighted by Crippen LogP contribution is -2.53. The van der Waals surface area contributed by atoms with Gasteiger partial charge in [0.05, 0.1) is 18.6 Å². The van der Waals surface area contributed by atoms with Gasteiger partial charge < -0.3 is 19.3 Å². The molecule has 4 rings (SSSR count). The minimum atomic E-state index is -3.77. The molecule has 2 aliphatic heterocycles. The number of halogens is 1. The van der Waals surface area contributed by atoms with Gasteiger partial charge in [0.2, 0.25) is 15.9 Å². The molecule has 0 spiro atoms. The van der Waals surface area contributed by atoms with Crippen molar-refractivity contribution in [2.24, 2.45) is 5.41 Å². The van der Waals surface area contributed by atoms with Gasteiger partial charge in [-0.2, -0.15) is 4.31 Å². The molecule has 0 saturated carbocycles. The Labute approximate surface area is 212 Å². The van der Waals surface area contributed by atoms with E-state index in [0.29, 0.717) is 44.0 Å². The highest BCUT2D eigenvalue weighted by atomic mass is 32.2. The Bertz CT molecular complexity index is 1140. The first-order valence-corrected chi connectivity index (χ1v) is 13.6.